The minimum atomic E-state index is -3.67. The Labute approximate surface area is 178 Å². The summed E-state index contributed by atoms with van der Waals surface area (Å²) < 4.78 is 48.8. The molecule has 0 aliphatic carbocycles. The molecule has 0 amide bonds. The number of primary sulfonamides is 1. The number of nitrogens with zero attached hydrogens (tertiary/aromatic N) is 1. The maximum atomic E-state index is 11.8. The molecule has 1 aliphatic heterocycles. The van der Waals surface area contributed by atoms with Crippen LogP contribution >= 0.6 is 0 Å². The molecule has 8 nitrogen and oxygen atoms in total. The van der Waals surface area contributed by atoms with Crippen LogP contribution in [0.15, 0.2) is 53.4 Å². The zero-order valence-corrected chi connectivity index (χ0v) is 18.5. The monoisotopic (exact) mass is 452 g/mol. The molecule has 164 valence electrons. The number of nitrogens with one attached hydrogen (secondary N) is 2. The zero-order chi connectivity index (χ0) is 21.8. The van der Waals surface area contributed by atoms with E-state index in [0.29, 0.717) is 18.3 Å². The van der Waals surface area contributed by atoms with Gasteiger partial charge in [0.2, 0.25) is 20.0 Å². The Morgan fingerprint density at radius 1 is 1.03 bits per heavy atom. The normalized spacial score (nSPS) is 15.9. The van der Waals surface area contributed by atoms with E-state index in [1.54, 1.807) is 25.1 Å². The van der Waals surface area contributed by atoms with E-state index in [1.807, 2.05) is 18.2 Å². The van der Waals surface area contributed by atoms with Crippen molar-refractivity contribution in [2.75, 3.05) is 28.5 Å². The first-order chi connectivity index (χ1) is 14.2. The molecule has 1 fully saturated rings. The molecule has 0 atom stereocenters. The van der Waals surface area contributed by atoms with Gasteiger partial charge < -0.3 is 10.2 Å². The van der Waals surface area contributed by atoms with Gasteiger partial charge in [0.25, 0.3) is 0 Å². The highest BCUT2D eigenvalue weighted by atomic mass is 32.2. The van der Waals surface area contributed by atoms with Crippen molar-refractivity contribution in [2.24, 2.45) is 5.14 Å². The minimum absolute atomic E-state index is 0.0407. The smallest absolute Gasteiger partial charge is 0.238 e. The Morgan fingerprint density at radius 2 is 1.70 bits per heavy atom. The van der Waals surface area contributed by atoms with Crippen LogP contribution in [-0.4, -0.2) is 41.7 Å². The van der Waals surface area contributed by atoms with E-state index < -0.39 is 20.0 Å². The van der Waals surface area contributed by atoms with Crippen LogP contribution in [-0.2, 0) is 26.6 Å². The van der Waals surface area contributed by atoms with Crippen LogP contribution in [0.5, 0.6) is 0 Å². The molecule has 0 unspecified atom stereocenters. The van der Waals surface area contributed by atoms with Crippen LogP contribution in [0.2, 0.25) is 0 Å². The number of piperidine rings is 1. The van der Waals surface area contributed by atoms with Crippen LogP contribution in [0.1, 0.15) is 25.3 Å². The van der Waals surface area contributed by atoms with Crippen molar-refractivity contribution in [2.45, 2.75) is 37.2 Å². The molecule has 0 bridgehead atoms. The van der Waals surface area contributed by atoms with Crippen molar-refractivity contribution in [3.8, 4) is 0 Å². The fourth-order valence-corrected chi connectivity index (χ4v) is 4.56. The molecule has 0 saturated carbocycles. The van der Waals surface area contributed by atoms with Crippen molar-refractivity contribution in [1.82, 2.24) is 5.32 Å². The first-order valence-electron chi connectivity index (χ1n) is 9.87. The summed E-state index contributed by atoms with van der Waals surface area (Å²) in [5.41, 5.74) is 2.58. The molecule has 1 heterocycles. The maximum Gasteiger partial charge on any atom is 0.238 e. The van der Waals surface area contributed by atoms with Gasteiger partial charge in [-0.25, -0.2) is 22.0 Å². The van der Waals surface area contributed by atoms with Gasteiger partial charge in [0.15, 0.2) is 0 Å². The van der Waals surface area contributed by atoms with E-state index in [4.69, 9.17) is 5.14 Å². The Hall–Kier alpha value is -2.14. The number of benzene rings is 2. The molecule has 0 aromatic heterocycles. The Morgan fingerprint density at radius 3 is 2.30 bits per heavy atom. The van der Waals surface area contributed by atoms with E-state index >= 15 is 0 Å². The SMILES string of the molecule is CCS(=O)(=O)Nc1cccc(N2CCC(NCc3ccc(S(N)(=O)=O)cc3)CC2)c1. The van der Waals surface area contributed by atoms with Gasteiger partial charge in [-0.2, -0.15) is 0 Å². The van der Waals surface area contributed by atoms with Gasteiger partial charge in [-0.15, -0.1) is 0 Å². The predicted molar refractivity (Wildman–Crippen MR) is 119 cm³/mol. The highest BCUT2D eigenvalue weighted by Crippen LogP contribution is 2.24. The lowest BCUT2D eigenvalue weighted by molar-refractivity contribution is 0.414. The summed E-state index contributed by atoms with van der Waals surface area (Å²) >= 11 is 0. The second-order valence-corrected chi connectivity index (χ2v) is 11.0. The van der Waals surface area contributed by atoms with Crippen molar-refractivity contribution in [1.29, 1.82) is 0 Å². The summed E-state index contributed by atoms with van der Waals surface area (Å²) in [5.74, 6) is 0.0407. The number of hydrogen-bond donors (Lipinski definition) is 3. The Balaban J connectivity index is 1.51. The van der Waals surface area contributed by atoms with Crippen LogP contribution in [0.3, 0.4) is 0 Å². The second-order valence-electron chi connectivity index (χ2n) is 7.39. The fourth-order valence-electron chi connectivity index (χ4n) is 3.42. The molecule has 4 N–H and O–H groups in total. The van der Waals surface area contributed by atoms with Gasteiger partial charge in [0.1, 0.15) is 0 Å². The van der Waals surface area contributed by atoms with Crippen molar-refractivity contribution in [3.05, 3.63) is 54.1 Å². The molecule has 0 radical (unpaired) electrons. The Kier molecular flexibility index (Phi) is 7.02. The first kappa shape index (κ1) is 22.5. The number of hydrogen-bond acceptors (Lipinski definition) is 6. The molecule has 10 heteroatoms. The number of anilines is 2. The lowest BCUT2D eigenvalue weighted by Gasteiger charge is -2.34. The van der Waals surface area contributed by atoms with Crippen molar-refractivity contribution < 1.29 is 16.8 Å². The highest BCUT2D eigenvalue weighted by molar-refractivity contribution is 7.92. The van der Waals surface area contributed by atoms with Gasteiger partial charge in [-0.1, -0.05) is 18.2 Å². The quantitative estimate of drug-likeness (QED) is 0.562. The standard InChI is InChI=1S/C20H28N4O4S2/c1-2-29(25,26)23-18-4-3-5-19(14-18)24-12-10-17(11-13-24)22-15-16-6-8-20(9-7-16)30(21,27)28/h3-9,14,17,22-23H,2,10-13,15H2,1H3,(H2,21,27,28). The zero-order valence-electron chi connectivity index (χ0n) is 16.9. The van der Waals surface area contributed by atoms with Gasteiger partial charge in [-0.05, 0) is 55.7 Å². The van der Waals surface area contributed by atoms with E-state index in [9.17, 15) is 16.8 Å². The van der Waals surface area contributed by atoms with Gasteiger partial charge >= 0.3 is 0 Å². The maximum absolute atomic E-state index is 11.8. The predicted octanol–water partition coefficient (Wildman–Crippen LogP) is 1.85. The molecule has 30 heavy (non-hydrogen) atoms. The molecular formula is C20H28N4O4S2. The molecular weight excluding hydrogens is 424 g/mol. The number of rotatable bonds is 8. The summed E-state index contributed by atoms with van der Waals surface area (Å²) in [6.07, 6.45) is 1.92. The van der Waals surface area contributed by atoms with E-state index in [0.717, 1.165) is 37.2 Å². The third-order valence-electron chi connectivity index (χ3n) is 5.21. The summed E-state index contributed by atoms with van der Waals surface area (Å²) in [4.78, 5) is 2.37. The van der Waals surface area contributed by atoms with Crippen LogP contribution in [0.25, 0.3) is 0 Å². The summed E-state index contributed by atoms with van der Waals surface area (Å²) in [6.45, 7) is 4.00. The Bertz CT molecular complexity index is 1060. The highest BCUT2D eigenvalue weighted by Gasteiger charge is 2.19. The molecule has 1 saturated heterocycles. The number of nitrogens with two attached hydrogens (primary N) is 1. The fraction of sp³-hybridized carbons (Fsp3) is 0.400. The van der Waals surface area contributed by atoms with Crippen molar-refractivity contribution >= 4 is 31.4 Å². The van der Waals surface area contributed by atoms with Gasteiger partial charge in [-0.3, -0.25) is 4.72 Å². The minimum Gasteiger partial charge on any atom is -0.371 e. The third kappa shape index (κ3) is 6.18. The van der Waals surface area contributed by atoms with E-state index in [-0.39, 0.29) is 10.6 Å². The first-order valence-corrected chi connectivity index (χ1v) is 13.1. The average molecular weight is 453 g/mol. The number of sulfonamides is 2. The van der Waals surface area contributed by atoms with Crippen LogP contribution in [0.4, 0.5) is 11.4 Å². The average Bonchev–Trinajstić information content (AvgIpc) is 2.72. The summed E-state index contributed by atoms with van der Waals surface area (Å²) in [5, 5.41) is 8.64. The topological polar surface area (TPSA) is 122 Å². The molecule has 0 spiro atoms. The molecule has 1 aliphatic rings. The van der Waals surface area contributed by atoms with Crippen LogP contribution in [0, 0.1) is 0 Å². The summed E-state index contributed by atoms with van der Waals surface area (Å²) in [6, 6.07) is 14.4. The molecule has 2 aromatic carbocycles. The second kappa shape index (κ2) is 9.34. The van der Waals surface area contributed by atoms with E-state index in [1.165, 1.54) is 12.1 Å². The van der Waals surface area contributed by atoms with Crippen molar-refractivity contribution in [3.63, 3.8) is 0 Å². The van der Waals surface area contributed by atoms with Crippen LogP contribution < -0.4 is 20.1 Å². The van der Waals surface area contributed by atoms with Gasteiger partial charge in [0, 0.05) is 31.4 Å². The molecule has 3 rings (SSSR count). The summed E-state index contributed by atoms with van der Waals surface area (Å²) in [7, 11) is -6.96. The lowest BCUT2D eigenvalue weighted by Crippen LogP contribution is -2.42. The lowest BCUT2D eigenvalue weighted by atomic mass is 10.0. The molecule has 2 aromatic rings. The van der Waals surface area contributed by atoms with Gasteiger partial charge in [0.05, 0.1) is 16.3 Å². The third-order valence-corrected chi connectivity index (χ3v) is 7.44. The van der Waals surface area contributed by atoms with E-state index in [2.05, 4.69) is 14.9 Å². The largest absolute Gasteiger partial charge is 0.371 e.